The number of aromatic nitrogens is 1. The zero-order valence-electron chi connectivity index (χ0n) is 18.5. The maximum Gasteiger partial charge on any atom is 0.267 e. The van der Waals surface area contributed by atoms with Crippen LogP contribution in [-0.2, 0) is 5.75 Å². The minimum Gasteiger partial charge on any atom is -0.497 e. The number of anilines is 1. The SMILES string of the molecule is COc1ccc(OC)c(CSc2nc3ccc(N4C(=O)c5c(Br)c(Br)c(Br)c(Br)c5C4=O)cc3s2)c1. The number of halogens is 4. The predicted octanol–water partition coefficient (Wildman–Crippen LogP) is 8.46. The summed E-state index contributed by atoms with van der Waals surface area (Å²) in [5, 5.41) is 0. The Morgan fingerprint density at radius 1 is 0.889 bits per heavy atom. The molecule has 6 nitrogen and oxygen atoms in total. The zero-order chi connectivity index (χ0) is 25.7. The smallest absolute Gasteiger partial charge is 0.267 e. The summed E-state index contributed by atoms with van der Waals surface area (Å²) in [6, 6.07) is 11.1. The van der Waals surface area contributed by atoms with Crippen LogP contribution in [0.4, 0.5) is 5.69 Å². The highest BCUT2D eigenvalue weighted by Gasteiger charge is 2.42. The first-order valence-electron chi connectivity index (χ1n) is 10.2. The Bertz CT molecular complexity index is 1530. The number of imide groups is 1. The monoisotopic (exact) mass is 774 g/mol. The highest BCUT2D eigenvalue weighted by atomic mass is 79.9. The Kier molecular flexibility index (Phi) is 7.54. The van der Waals surface area contributed by atoms with E-state index in [9.17, 15) is 9.59 Å². The largest absolute Gasteiger partial charge is 0.497 e. The van der Waals surface area contributed by atoms with E-state index in [1.54, 1.807) is 32.0 Å². The Labute approximate surface area is 248 Å². The Hall–Kier alpha value is -1.44. The van der Waals surface area contributed by atoms with Gasteiger partial charge in [0.15, 0.2) is 4.34 Å². The summed E-state index contributed by atoms with van der Waals surface area (Å²) >= 11 is 16.9. The molecular formula is C24H14Br4N2O4S2. The average molecular weight is 778 g/mol. The third-order valence-corrected chi connectivity index (χ3v) is 12.5. The highest BCUT2D eigenvalue weighted by Crippen LogP contribution is 2.46. The van der Waals surface area contributed by atoms with Gasteiger partial charge in [0, 0.05) is 29.2 Å². The van der Waals surface area contributed by atoms with Crippen LogP contribution in [0.1, 0.15) is 26.3 Å². The summed E-state index contributed by atoms with van der Waals surface area (Å²) in [5.41, 5.74) is 2.92. The molecule has 0 aliphatic carbocycles. The number of fused-ring (bicyclic) bond motifs is 2. The summed E-state index contributed by atoms with van der Waals surface area (Å²) in [5.74, 6) is 1.42. The van der Waals surface area contributed by atoms with Gasteiger partial charge in [-0.15, -0.1) is 11.3 Å². The maximum absolute atomic E-state index is 13.3. The Morgan fingerprint density at radius 2 is 1.56 bits per heavy atom. The number of amides is 2. The fourth-order valence-electron chi connectivity index (χ4n) is 3.81. The van der Waals surface area contributed by atoms with Crippen LogP contribution in [0.15, 0.2) is 58.6 Å². The minimum atomic E-state index is -0.389. The minimum absolute atomic E-state index is 0.315. The molecule has 1 aromatic heterocycles. The summed E-state index contributed by atoms with van der Waals surface area (Å²) in [7, 11) is 3.27. The number of rotatable bonds is 6. The molecule has 0 saturated carbocycles. The van der Waals surface area contributed by atoms with E-state index in [-0.39, 0.29) is 11.8 Å². The molecule has 1 aliphatic heterocycles. The molecule has 5 rings (SSSR count). The van der Waals surface area contributed by atoms with E-state index in [4.69, 9.17) is 14.5 Å². The van der Waals surface area contributed by atoms with Gasteiger partial charge in [-0.2, -0.15) is 0 Å². The number of methoxy groups -OCH3 is 2. The number of benzene rings is 3. The topological polar surface area (TPSA) is 68.7 Å². The predicted molar refractivity (Wildman–Crippen MR) is 157 cm³/mol. The number of nitrogens with zero attached hydrogens (tertiary/aromatic N) is 2. The third kappa shape index (κ3) is 4.43. The van der Waals surface area contributed by atoms with Gasteiger partial charge in [0.05, 0.1) is 41.3 Å². The molecule has 1 aliphatic rings. The molecule has 2 heterocycles. The van der Waals surface area contributed by atoms with Crippen LogP contribution in [0.2, 0.25) is 0 Å². The van der Waals surface area contributed by atoms with Crippen LogP contribution in [0, 0.1) is 0 Å². The van der Waals surface area contributed by atoms with Crippen LogP contribution in [0.5, 0.6) is 11.5 Å². The number of ether oxygens (including phenoxy) is 2. The standard InChI is InChI=1S/C24H14Br4N2O4S2/c1-33-12-4-6-14(34-2)10(7-12)9-35-24-29-13-5-3-11(8-15(13)36-24)30-22(31)16-17(23(30)32)19(26)21(28)20(27)18(16)25/h3-8H,9H2,1-2H3. The van der Waals surface area contributed by atoms with E-state index in [0.29, 0.717) is 40.5 Å². The van der Waals surface area contributed by atoms with E-state index >= 15 is 0 Å². The van der Waals surface area contributed by atoms with Crippen molar-refractivity contribution < 1.29 is 19.1 Å². The van der Waals surface area contributed by atoms with Crippen molar-refractivity contribution in [3.63, 3.8) is 0 Å². The molecular weight excluding hydrogens is 764 g/mol. The van der Waals surface area contributed by atoms with Crippen LogP contribution < -0.4 is 14.4 Å². The van der Waals surface area contributed by atoms with E-state index in [1.165, 1.54) is 16.2 Å². The molecule has 0 saturated heterocycles. The number of thioether (sulfide) groups is 1. The lowest BCUT2D eigenvalue weighted by atomic mass is 10.1. The molecule has 0 atom stereocenters. The van der Waals surface area contributed by atoms with Gasteiger partial charge in [-0.1, -0.05) is 11.8 Å². The van der Waals surface area contributed by atoms with E-state index in [1.807, 2.05) is 30.3 Å². The van der Waals surface area contributed by atoms with Gasteiger partial charge in [0.2, 0.25) is 0 Å². The molecule has 36 heavy (non-hydrogen) atoms. The lowest BCUT2D eigenvalue weighted by Crippen LogP contribution is -2.29. The van der Waals surface area contributed by atoms with Gasteiger partial charge in [-0.25, -0.2) is 9.88 Å². The zero-order valence-corrected chi connectivity index (χ0v) is 26.5. The van der Waals surface area contributed by atoms with E-state index in [2.05, 4.69) is 63.7 Å². The fourth-order valence-corrected chi connectivity index (χ4v) is 8.35. The molecule has 0 bridgehead atoms. The lowest BCUT2D eigenvalue weighted by molar-refractivity contribution is 0.0925. The van der Waals surface area contributed by atoms with Gasteiger partial charge >= 0.3 is 0 Å². The highest BCUT2D eigenvalue weighted by molar-refractivity contribution is 9.15. The maximum atomic E-state index is 13.3. The molecule has 2 amide bonds. The average Bonchev–Trinajstić information content (AvgIpc) is 3.41. The van der Waals surface area contributed by atoms with Crippen molar-refractivity contribution in [3.05, 3.63) is 71.0 Å². The second kappa shape index (κ2) is 10.4. The van der Waals surface area contributed by atoms with Gasteiger partial charge < -0.3 is 9.47 Å². The number of hydrogen-bond donors (Lipinski definition) is 0. The van der Waals surface area contributed by atoms with Crippen molar-refractivity contribution in [1.29, 1.82) is 0 Å². The molecule has 4 aromatic rings. The van der Waals surface area contributed by atoms with Crippen LogP contribution in [0.25, 0.3) is 10.2 Å². The second-order valence-corrected chi connectivity index (χ2v) is 13.0. The van der Waals surface area contributed by atoms with Crippen molar-refractivity contribution in [3.8, 4) is 11.5 Å². The number of carbonyl (C=O) groups is 2. The van der Waals surface area contributed by atoms with Crippen molar-refractivity contribution >= 4 is 115 Å². The van der Waals surface area contributed by atoms with Gasteiger partial charge in [-0.05, 0) is 100 Å². The van der Waals surface area contributed by atoms with Crippen LogP contribution in [-0.4, -0.2) is 31.0 Å². The van der Waals surface area contributed by atoms with Crippen molar-refractivity contribution in [2.75, 3.05) is 19.1 Å². The molecule has 0 fully saturated rings. The second-order valence-electron chi connectivity index (χ2n) is 7.55. The first-order chi connectivity index (χ1) is 17.2. The van der Waals surface area contributed by atoms with Crippen LogP contribution >= 0.6 is 86.8 Å². The number of hydrogen-bond acceptors (Lipinski definition) is 7. The normalized spacial score (nSPS) is 13.0. The number of carbonyl (C=O) groups excluding carboxylic acids is 2. The van der Waals surface area contributed by atoms with Crippen molar-refractivity contribution in [2.45, 2.75) is 10.1 Å². The summed E-state index contributed by atoms with van der Waals surface area (Å²) in [6.45, 7) is 0. The molecule has 0 N–H and O–H groups in total. The van der Waals surface area contributed by atoms with Crippen molar-refractivity contribution in [2.24, 2.45) is 0 Å². The van der Waals surface area contributed by atoms with Crippen molar-refractivity contribution in [1.82, 2.24) is 4.98 Å². The third-order valence-electron chi connectivity index (χ3n) is 5.55. The fraction of sp³-hybridized carbons (Fsp3) is 0.125. The molecule has 0 spiro atoms. The van der Waals surface area contributed by atoms with Gasteiger partial charge in [0.1, 0.15) is 11.5 Å². The summed E-state index contributed by atoms with van der Waals surface area (Å²) < 4.78 is 14.9. The first kappa shape index (κ1) is 26.2. The number of thiazole rings is 1. The summed E-state index contributed by atoms with van der Waals surface area (Å²) in [6.07, 6.45) is 0. The Balaban J connectivity index is 1.44. The summed E-state index contributed by atoms with van der Waals surface area (Å²) in [4.78, 5) is 32.6. The van der Waals surface area contributed by atoms with Gasteiger partial charge in [0.25, 0.3) is 11.8 Å². The van der Waals surface area contributed by atoms with Crippen LogP contribution in [0.3, 0.4) is 0 Å². The first-order valence-corrected chi connectivity index (χ1v) is 15.2. The molecule has 0 unspecified atom stereocenters. The van der Waals surface area contributed by atoms with E-state index < -0.39 is 0 Å². The quantitative estimate of drug-likeness (QED) is 0.0848. The Morgan fingerprint density at radius 3 is 2.17 bits per heavy atom. The molecule has 3 aromatic carbocycles. The molecule has 12 heteroatoms. The lowest BCUT2D eigenvalue weighted by Gasteiger charge is -2.13. The molecule has 184 valence electrons. The molecule has 0 radical (unpaired) electrons. The van der Waals surface area contributed by atoms with E-state index in [0.717, 1.165) is 31.6 Å². The van der Waals surface area contributed by atoms with Gasteiger partial charge in [-0.3, -0.25) is 9.59 Å².